The van der Waals surface area contributed by atoms with Crippen molar-refractivity contribution < 1.29 is 4.74 Å². The van der Waals surface area contributed by atoms with Crippen molar-refractivity contribution in [2.45, 2.75) is 49.9 Å². The van der Waals surface area contributed by atoms with Gasteiger partial charge in [-0.15, -0.1) is 0 Å². The third-order valence-corrected chi connectivity index (χ3v) is 4.14. The SMILES string of the molecule is CCC(COC)NC1CCC(SC)C1. The van der Waals surface area contributed by atoms with Gasteiger partial charge in [-0.2, -0.15) is 11.8 Å². The zero-order valence-corrected chi connectivity index (χ0v) is 10.4. The normalized spacial score (nSPS) is 29.4. The summed E-state index contributed by atoms with van der Waals surface area (Å²) in [5.41, 5.74) is 0. The molecule has 0 radical (unpaired) electrons. The Labute approximate surface area is 92.2 Å². The number of ether oxygens (including phenoxy) is 1. The van der Waals surface area contributed by atoms with E-state index in [0.717, 1.165) is 24.3 Å². The number of nitrogens with one attached hydrogen (secondary N) is 1. The Morgan fingerprint density at radius 2 is 2.29 bits per heavy atom. The van der Waals surface area contributed by atoms with Gasteiger partial charge in [-0.25, -0.2) is 0 Å². The van der Waals surface area contributed by atoms with Gasteiger partial charge in [0.25, 0.3) is 0 Å². The van der Waals surface area contributed by atoms with Gasteiger partial charge in [0.05, 0.1) is 6.61 Å². The lowest BCUT2D eigenvalue weighted by Crippen LogP contribution is -2.39. The number of hydrogen-bond acceptors (Lipinski definition) is 3. The van der Waals surface area contributed by atoms with E-state index in [4.69, 9.17) is 4.74 Å². The molecule has 0 aliphatic heterocycles. The standard InChI is InChI=1S/C11H23NOS/c1-4-9(8-13-2)12-10-5-6-11(7-10)14-3/h9-12H,4-8H2,1-3H3. The Kier molecular flexibility index (Phi) is 5.90. The summed E-state index contributed by atoms with van der Waals surface area (Å²) in [7, 11) is 1.78. The van der Waals surface area contributed by atoms with E-state index in [9.17, 15) is 0 Å². The highest BCUT2D eigenvalue weighted by Crippen LogP contribution is 2.28. The molecule has 0 aromatic carbocycles. The first-order valence-electron chi connectivity index (χ1n) is 5.57. The zero-order valence-electron chi connectivity index (χ0n) is 9.58. The molecule has 0 saturated heterocycles. The maximum absolute atomic E-state index is 5.19. The molecule has 0 aromatic heterocycles. The summed E-state index contributed by atoms with van der Waals surface area (Å²) in [4.78, 5) is 0. The molecule has 3 heteroatoms. The second-order valence-electron chi connectivity index (χ2n) is 4.09. The maximum atomic E-state index is 5.19. The van der Waals surface area contributed by atoms with E-state index < -0.39 is 0 Å². The molecule has 1 aliphatic rings. The largest absolute Gasteiger partial charge is 0.383 e. The Hall–Kier alpha value is 0.270. The van der Waals surface area contributed by atoms with E-state index in [-0.39, 0.29) is 0 Å². The monoisotopic (exact) mass is 217 g/mol. The number of methoxy groups -OCH3 is 1. The first-order chi connectivity index (χ1) is 6.80. The lowest BCUT2D eigenvalue weighted by atomic mass is 10.2. The molecule has 0 amide bonds. The van der Waals surface area contributed by atoms with Crippen LogP contribution in [-0.2, 0) is 4.74 Å². The summed E-state index contributed by atoms with van der Waals surface area (Å²) in [6.07, 6.45) is 7.43. The molecule has 3 unspecified atom stereocenters. The zero-order chi connectivity index (χ0) is 10.4. The van der Waals surface area contributed by atoms with Crippen molar-refractivity contribution in [3.05, 3.63) is 0 Å². The van der Waals surface area contributed by atoms with Crippen molar-refractivity contribution in [2.75, 3.05) is 20.0 Å². The minimum Gasteiger partial charge on any atom is -0.383 e. The van der Waals surface area contributed by atoms with Crippen molar-refractivity contribution in [3.63, 3.8) is 0 Å². The van der Waals surface area contributed by atoms with Gasteiger partial charge < -0.3 is 10.1 Å². The van der Waals surface area contributed by atoms with Crippen LogP contribution in [-0.4, -0.2) is 37.3 Å². The Bertz CT molecular complexity index is 154. The molecule has 1 saturated carbocycles. The third-order valence-electron chi connectivity index (χ3n) is 3.05. The Morgan fingerprint density at radius 3 is 2.79 bits per heavy atom. The smallest absolute Gasteiger partial charge is 0.0615 e. The van der Waals surface area contributed by atoms with Gasteiger partial charge in [-0.3, -0.25) is 0 Å². The molecule has 0 aromatic rings. The van der Waals surface area contributed by atoms with Crippen LogP contribution in [0.3, 0.4) is 0 Å². The van der Waals surface area contributed by atoms with Crippen LogP contribution in [0, 0.1) is 0 Å². The van der Waals surface area contributed by atoms with E-state index in [1.54, 1.807) is 7.11 Å². The third kappa shape index (κ3) is 3.79. The molecule has 1 rings (SSSR count). The van der Waals surface area contributed by atoms with Gasteiger partial charge in [0.15, 0.2) is 0 Å². The van der Waals surface area contributed by atoms with E-state index in [0.29, 0.717) is 6.04 Å². The molecule has 0 bridgehead atoms. The van der Waals surface area contributed by atoms with Crippen molar-refractivity contribution in [1.82, 2.24) is 5.32 Å². The molecule has 84 valence electrons. The van der Waals surface area contributed by atoms with Crippen LogP contribution in [0.25, 0.3) is 0 Å². The minimum absolute atomic E-state index is 0.547. The van der Waals surface area contributed by atoms with Crippen LogP contribution in [0.4, 0.5) is 0 Å². The van der Waals surface area contributed by atoms with Crippen LogP contribution in [0.15, 0.2) is 0 Å². The molecule has 14 heavy (non-hydrogen) atoms. The second kappa shape index (κ2) is 6.70. The van der Waals surface area contributed by atoms with Crippen LogP contribution in [0.1, 0.15) is 32.6 Å². The highest BCUT2D eigenvalue weighted by atomic mass is 32.2. The van der Waals surface area contributed by atoms with E-state index >= 15 is 0 Å². The fourth-order valence-corrected chi connectivity index (χ4v) is 2.92. The summed E-state index contributed by atoms with van der Waals surface area (Å²) in [5.74, 6) is 0. The summed E-state index contributed by atoms with van der Waals surface area (Å²) >= 11 is 2.01. The van der Waals surface area contributed by atoms with Crippen LogP contribution >= 0.6 is 11.8 Å². The number of hydrogen-bond donors (Lipinski definition) is 1. The topological polar surface area (TPSA) is 21.3 Å². The Morgan fingerprint density at radius 1 is 1.50 bits per heavy atom. The molecule has 1 aliphatic carbocycles. The molecule has 0 heterocycles. The Balaban J connectivity index is 2.22. The van der Waals surface area contributed by atoms with Gasteiger partial charge in [0.1, 0.15) is 0 Å². The summed E-state index contributed by atoms with van der Waals surface area (Å²) in [6.45, 7) is 3.06. The first kappa shape index (κ1) is 12.3. The minimum atomic E-state index is 0.547. The van der Waals surface area contributed by atoms with Crippen LogP contribution < -0.4 is 5.32 Å². The van der Waals surface area contributed by atoms with E-state index in [1.165, 1.54) is 19.3 Å². The lowest BCUT2D eigenvalue weighted by molar-refractivity contribution is 0.158. The molecule has 0 spiro atoms. The summed E-state index contributed by atoms with van der Waals surface area (Å²) < 4.78 is 5.19. The molecule has 1 fully saturated rings. The predicted octanol–water partition coefficient (Wildman–Crippen LogP) is 2.29. The summed E-state index contributed by atoms with van der Waals surface area (Å²) in [6, 6.07) is 1.28. The highest BCUT2D eigenvalue weighted by molar-refractivity contribution is 7.99. The van der Waals surface area contributed by atoms with Gasteiger partial charge in [-0.1, -0.05) is 6.92 Å². The van der Waals surface area contributed by atoms with Crippen molar-refractivity contribution in [1.29, 1.82) is 0 Å². The maximum Gasteiger partial charge on any atom is 0.0615 e. The fraction of sp³-hybridized carbons (Fsp3) is 1.00. The molecule has 1 N–H and O–H groups in total. The van der Waals surface area contributed by atoms with Crippen LogP contribution in [0.2, 0.25) is 0 Å². The van der Waals surface area contributed by atoms with Crippen molar-refractivity contribution >= 4 is 11.8 Å². The van der Waals surface area contributed by atoms with Gasteiger partial charge in [0, 0.05) is 24.4 Å². The van der Waals surface area contributed by atoms with Crippen LogP contribution in [0.5, 0.6) is 0 Å². The second-order valence-corrected chi connectivity index (χ2v) is 5.23. The van der Waals surface area contributed by atoms with E-state index in [2.05, 4.69) is 18.5 Å². The average Bonchev–Trinajstić information content (AvgIpc) is 2.65. The summed E-state index contributed by atoms with van der Waals surface area (Å²) in [5, 5.41) is 4.57. The molecule has 3 atom stereocenters. The van der Waals surface area contributed by atoms with Crippen molar-refractivity contribution in [2.24, 2.45) is 0 Å². The molecular formula is C11H23NOS. The first-order valence-corrected chi connectivity index (χ1v) is 6.86. The van der Waals surface area contributed by atoms with Crippen molar-refractivity contribution in [3.8, 4) is 0 Å². The average molecular weight is 217 g/mol. The number of thioether (sulfide) groups is 1. The highest BCUT2D eigenvalue weighted by Gasteiger charge is 2.25. The predicted molar refractivity (Wildman–Crippen MR) is 64.0 cm³/mol. The lowest BCUT2D eigenvalue weighted by Gasteiger charge is -2.21. The van der Waals surface area contributed by atoms with Gasteiger partial charge in [-0.05, 0) is 31.9 Å². The number of rotatable bonds is 6. The molecule has 2 nitrogen and oxygen atoms in total. The van der Waals surface area contributed by atoms with E-state index in [1.807, 2.05) is 11.8 Å². The van der Waals surface area contributed by atoms with Gasteiger partial charge in [0.2, 0.25) is 0 Å². The fourth-order valence-electron chi connectivity index (χ4n) is 2.12. The molecular weight excluding hydrogens is 194 g/mol. The van der Waals surface area contributed by atoms with Gasteiger partial charge >= 0.3 is 0 Å². The quantitative estimate of drug-likeness (QED) is 0.737.